The number of phenolic OH excluding ortho intramolecular Hbond substituents is 1. The van der Waals surface area contributed by atoms with Crippen LogP contribution in [-0.4, -0.2) is 50.2 Å². The van der Waals surface area contributed by atoms with Crippen molar-refractivity contribution in [3.05, 3.63) is 69.2 Å². The fraction of sp³-hybridized carbons (Fsp3) is 0.429. The van der Waals surface area contributed by atoms with Crippen LogP contribution in [0.2, 0.25) is 0 Å². The molecule has 0 unspecified atom stereocenters. The SMILES string of the molecule is Cc1cc(=O)c2c(O)c3c(cc2o1)O[C@@]1(C)CCSSCc2c(ccnc2N)-c2cc(cc(N)n2)CC[C@H]2O[C@]24CCC[C@H]3[C@H]1OC4=O. The number of aromatic hydroxyl groups is 1. The number of esters is 1. The number of phenols is 1. The van der Waals surface area contributed by atoms with Crippen molar-refractivity contribution in [3.63, 3.8) is 0 Å². The average molecular weight is 689 g/mol. The highest BCUT2D eigenvalue weighted by molar-refractivity contribution is 8.76. The second-order valence-electron chi connectivity index (χ2n) is 13.3. The Balaban J connectivity index is 1.19. The molecule has 2 fully saturated rings. The molecule has 4 aromatic rings. The van der Waals surface area contributed by atoms with Gasteiger partial charge in [-0.25, -0.2) is 14.8 Å². The maximum Gasteiger partial charge on any atom is 0.341 e. The Hall–Kier alpha value is -3.94. The highest BCUT2D eigenvalue weighted by Crippen LogP contribution is 2.55. The summed E-state index contributed by atoms with van der Waals surface area (Å²) in [6, 6.07) is 8.85. The van der Waals surface area contributed by atoms with Gasteiger partial charge in [0.2, 0.25) is 0 Å². The number of hydrogen-bond acceptors (Lipinski definition) is 13. The molecule has 0 radical (unpaired) electrons. The summed E-state index contributed by atoms with van der Waals surface area (Å²) in [4.78, 5) is 36.1. The van der Waals surface area contributed by atoms with Crippen molar-refractivity contribution in [3.8, 4) is 22.8 Å². The molecule has 4 aliphatic rings. The number of nitrogen functional groups attached to an aromatic ring is 2. The molecule has 48 heavy (non-hydrogen) atoms. The monoisotopic (exact) mass is 688 g/mol. The third-order valence-corrected chi connectivity index (χ3v) is 12.5. The van der Waals surface area contributed by atoms with Gasteiger partial charge in [0.25, 0.3) is 0 Å². The van der Waals surface area contributed by atoms with E-state index in [1.165, 1.54) is 6.07 Å². The van der Waals surface area contributed by atoms with Gasteiger partial charge < -0.3 is 35.2 Å². The molecular weight excluding hydrogens is 653 g/mol. The lowest BCUT2D eigenvalue weighted by atomic mass is 9.74. The van der Waals surface area contributed by atoms with E-state index in [1.807, 2.05) is 25.1 Å². The summed E-state index contributed by atoms with van der Waals surface area (Å²) in [5.74, 6) is 1.97. The van der Waals surface area contributed by atoms with Crippen molar-refractivity contribution in [2.75, 3.05) is 17.2 Å². The molecule has 4 bridgehead atoms. The number of hydrogen-bond donors (Lipinski definition) is 3. The zero-order chi connectivity index (χ0) is 33.4. The van der Waals surface area contributed by atoms with Crippen molar-refractivity contribution in [1.82, 2.24) is 9.97 Å². The molecule has 1 spiro atoms. The van der Waals surface area contributed by atoms with Crippen molar-refractivity contribution in [2.45, 2.75) is 87.5 Å². The lowest BCUT2D eigenvalue weighted by Crippen LogP contribution is -2.55. The predicted molar refractivity (Wildman–Crippen MR) is 185 cm³/mol. The van der Waals surface area contributed by atoms with Gasteiger partial charge in [-0.1, -0.05) is 21.6 Å². The Labute approximate surface area is 284 Å². The third-order valence-electron chi connectivity index (χ3n) is 10.2. The molecule has 2 saturated heterocycles. The van der Waals surface area contributed by atoms with Crippen molar-refractivity contribution >= 4 is 50.2 Å². The molecule has 8 rings (SSSR count). The molecule has 13 heteroatoms. The lowest BCUT2D eigenvalue weighted by Gasteiger charge is -2.47. The van der Waals surface area contributed by atoms with Gasteiger partial charge in [0.1, 0.15) is 51.6 Å². The fourth-order valence-electron chi connectivity index (χ4n) is 7.75. The average Bonchev–Trinajstić information content (AvgIpc) is 3.74. The van der Waals surface area contributed by atoms with Gasteiger partial charge in [-0.15, -0.1) is 0 Å². The summed E-state index contributed by atoms with van der Waals surface area (Å²) >= 11 is 0. The van der Waals surface area contributed by atoms with E-state index in [1.54, 1.807) is 40.8 Å². The Morgan fingerprint density at radius 2 is 1.94 bits per heavy atom. The zero-order valence-corrected chi connectivity index (χ0v) is 28.2. The second kappa shape index (κ2) is 11.6. The van der Waals surface area contributed by atoms with Crippen LogP contribution in [0.3, 0.4) is 0 Å². The normalized spacial score (nSPS) is 28.4. The van der Waals surface area contributed by atoms with E-state index in [2.05, 4.69) is 9.97 Å². The van der Waals surface area contributed by atoms with Crippen molar-refractivity contribution < 1.29 is 28.5 Å². The molecule has 3 aromatic heterocycles. The van der Waals surface area contributed by atoms with E-state index in [4.69, 9.17) is 30.1 Å². The summed E-state index contributed by atoms with van der Waals surface area (Å²) in [7, 11) is 3.30. The van der Waals surface area contributed by atoms with Gasteiger partial charge in [-0.05, 0) is 69.7 Å². The van der Waals surface area contributed by atoms with Crippen molar-refractivity contribution in [1.29, 1.82) is 0 Å². The minimum atomic E-state index is -1.04. The summed E-state index contributed by atoms with van der Waals surface area (Å²) in [6.45, 7) is 3.65. The van der Waals surface area contributed by atoms with E-state index in [0.29, 0.717) is 78.7 Å². The van der Waals surface area contributed by atoms with Crippen LogP contribution in [0, 0.1) is 6.92 Å². The van der Waals surface area contributed by atoms with Crippen LogP contribution in [0.1, 0.15) is 67.4 Å². The van der Waals surface area contributed by atoms with E-state index in [0.717, 1.165) is 22.4 Å². The largest absolute Gasteiger partial charge is 0.507 e. The zero-order valence-electron chi connectivity index (χ0n) is 26.6. The molecule has 1 aromatic carbocycles. The molecule has 11 nitrogen and oxygen atoms in total. The van der Waals surface area contributed by atoms with Gasteiger partial charge in [-0.2, -0.15) is 0 Å². The van der Waals surface area contributed by atoms with Crippen LogP contribution in [0.15, 0.2) is 45.7 Å². The number of carbonyl (C=O) groups is 1. The minimum absolute atomic E-state index is 0.100. The first-order chi connectivity index (χ1) is 23.1. The first kappa shape index (κ1) is 31.3. The summed E-state index contributed by atoms with van der Waals surface area (Å²) in [5, 5.41) is 11.7. The number of pyridine rings is 2. The van der Waals surface area contributed by atoms with Gasteiger partial charge in [0, 0.05) is 58.9 Å². The van der Waals surface area contributed by atoms with E-state index < -0.39 is 29.2 Å². The summed E-state index contributed by atoms with van der Waals surface area (Å²) < 4.78 is 25.2. The number of benzene rings is 1. The highest BCUT2D eigenvalue weighted by Gasteiger charge is 2.65. The molecule has 5 N–H and O–H groups in total. The van der Waals surface area contributed by atoms with Crippen LogP contribution >= 0.6 is 21.6 Å². The first-order valence-corrected chi connectivity index (χ1v) is 18.7. The number of rotatable bonds is 0. The molecule has 0 amide bonds. The number of carbonyl (C=O) groups excluding carboxylic acids is 1. The molecule has 5 atom stereocenters. The fourth-order valence-corrected chi connectivity index (χ4v) is 10.1. The minimum Gasteiger partial charge on any atom is -0.507 e. The quantitative estimate of drug-likeness (QED) is 0.115. The molecule has 7 heterocycles. The number of nitrogens with zero attached hydrogens (tertiary/aromatic N) is 2. The Morgan fingerprint density at radius 3 is 2.79 bits per heavy atom. The van der Waals surface area contributed by atoms with Gasteiger partial charge in [0.05, 0.1) is 11.8 Å². The number of aryl methyl sites for hydroxylation is 2. The number of epoxide rings is 1. The van der Waals surface area contributed by atoms with E-state index in [9.17, 15) is 14.7 Å². The van der Waals surface area contributed by atoms with Crippen LogP contribution in [0.25, 0.3) is 22.2 Å². The van der Waals surface area contributed by atoms with Crippen LogP contribution in [0.5, 0.6) is 11.5 Å². The van der Waals surface area contributed by atoms with Gasteiger partial charge >= 0.3 is 5.97 Å². The van der Waals surface area contributed by atoms with E-state index >= 15 is 0 Å². The number of fused-ring (bicyclic) bond motifs is 8. The Morgan fingerprint density at radius 1 is 1.08 bits per heavy atom. The van der Waals surface area contributed by atoms with E-state index in [-0.39, 0.29) is 28.3 Å². The van der Waals surface area contributed by atoms with Crippen molar-refractivity contribution in [2.24, 2.45) is 0 Å². The number of nitrogens with two attached hydrogens (primary N) is 2. The molecule has 4 aliphatic heterocycles. The number of anilines is 2. The highest BCUT2D eigenvalue weighted by atomic mass is 33.1. The Bertz CT molecular complexity index is 2040. The standard InChI is InChI=1S/C35H36N4O7S2/c1-17-12-23(40)29-24(43-17)15-25-28(30(29)41)20-4-3-8-35-26(46-35)6-5-18-13-22(39-27(36)14-18)19-7-10-38-32(37)21(19)16-48-47-11-9-34(2,45-25)31(20)44-33(35)42/h7,10,12-15,20,26,31,41H,3-6,8-9,11,16H2,1-2H3,(H2,36,39)(H2,37,38)/t20-,26-,31-,34+,35-/m1/s1. The number of ether oxygens (including phenoxy) is 3. The lowest BCUT2D eigenvalue weighted by molar-refractivity contribution is -0.175. The second-order valence-corrected chi connectivity index (χ2v) is 15.9. The smallest absolute Gasteiger partial charge is 0.341 e. The predicted octanol–water partition coefficient (Wildman–Crippen LogP) is 5.81. The molecule has 0 aliphatic carbocycles. The van der Waals surface area contributed by atoms with Crippen LogP contribution < -0.4 is 21.6 Å². The number of aromatic nitrogens is 2. The van der Waals surface area contributed by atoms with Crippen LogP contribution in [0.4, 0.5) is 11.6 Å². The summed E-state index contributed by atoms with van der Waals surface area (Å²) in [5.41, 5.74) is 14.6. The third kappa shape index (κ3) is 5.17. The Kier molecular flexibility index (Phi) is 7.57. The molecular formula is C35H36N4O7S2. The topological polar surface area (TPSA) is 176 Å². The molecule has 0 saturated carbocycles. The summed E-state index contributed by atoms with van der Waals surface area (Å²) in [6.07, 6.45) is 4.14. The van der Waals surface area contributed by atoms with Crippen LogP contribution in [-0.2, 0) is 26.4 Å². The van der Waals surface area contributed by atoms with Gasteiger partial charge in [-0.3, -0.25) is 4.79 Å². The maximum absolute atomic E-state index is 14.1. The molecule has 250 valence electrons. The maximum atomic E-state index is 14.1. The van der Waals surface area contributed by atoms with Gasteiger partial charge in [0.15, 0.2) is 11.0 Å². The first-order valence-electron chi connectivity index (χ1n) is 16.2.